The predicted octanol–water partition coefficient (Wildman–Crippen LogP) is 3.26. The monoisotopic (exact) mass is 261 g/mol. The van der Waals surface area contributed by atoms with Gasteiger partial charge in [-0.25, -0.2) is 0 Å². The molecule has 18 heavy (non-hydrogen) atoms. The molecule has 2 N–H and O–H groups in total. The summed E-state index contributed by atoms with van der Waals surface area (Å²) in [6.45, 7) is 0. The maximum absolute atomic E-state index is 6.15. The van der Waals surface area contributed by atoms with Crippen LogP contribution in [-0.2, 0) is 12.8 Å². The van der Waals surface area contributed by atoms with E-state index in [0.717, 1.165) is 25.0 Å². The summed E-state index contributed by atoms with van der Waals surface area (Å²) in [4.78, 5) is 1.37. The Hall–Kier alpha value is -1.32. The molecule has 2 nitrogen and oxygen atoms in total. The molecule has 0 aliphatic heterocycles. The van der Waals surface area contributed by atoms with Crippen LogP contribution in [-0.4, -0.2) is 13.2 Å². The minimum absolute atomic E-state index is 0.241. The second kappa shape index (κ2) is 6.57. The summed E-state index contributed by atoms with van der Waals surface area (Å²) in [5, 5.41) is 2.10. The molecule has 0 radical (unpaired) electrons. The van der Waals surface area contributed by atoms with Gasteiger partial charge < -0.3 is 10.5 Å². The Morgan fingerprint density at radius 2 is 2.00 bits per heavy atom. The van der Waals surface area contributed by atoms with Crippen molar-refractivity contribution in [3.8, 4) is 5.75 Å². The van der Waals surface area contributed by atoms with E-state index < -0.39 is 0 Å². The molecule has 0 fully saturated rings. The van der Waals surface area contributed by atoms with Crippen LogP contribution in [0.3, 0.4) is 0 Å². The summed E-state index contributed by atoms with van der Waals surface area (Å²) in [5.41, 5.74) is 7.47. The number of aryl methyl sites for hydroxylation is 1. The van der Waals surface area contributed by atoms with E-state index in [4.69, 9.17) is 10.5 Å². The summed E-state index contributed by atoms with van der Waals surface area (Å²) in [5.74, 6) is 0.904. The van der Waals surface area contributed by atoms with Crippen LogP contribution >= 0.6 is 11.3 Å². The van der Waals surface area contributed by atoms with Crippen molar-refractivity contribution in [2.75, 3.05) is 7.11 Å². The lowest BCUT2D eigenvalue weighted by Gasteiger charge is -2.10. The molecule has 1 aromatic heterocycles. The number of rotatable bonds is 6. The highest BCUT2D eigenvalue weighted by molar-refractivity contribution is 7.09. The summed E-state index contributed by atoms with van der Waals surface area (Å²) in [6.07, 6.45) is 3.02. The van der Waals surface area contributed by atoms with Crippen LogP contribution in [0.2, 0.25) is 0 Å². The zero-order chi connectivity index (χ0) is 12.8. The van der Waals surface area contributed by atoms with Gasteiger partial charge >= 0.3 is 0 Å². The lowest BCUT2D eigenvalue weighted by atomic mass is 10.0. The number of nitrogens with two attached hydrogens (primary N) is 1. The van der Waals surface area contributed by atoms with Crippen LogP contribution in [0.15, 0.2) is 41.8 Å². The van der Waals surface area contributed by atoms with Crippen molar-refractivity contribution in [1.82, 2.24) is 0 Å². The Labute approximate surface area is 112 Å². The Morgan fingerprint density at radius 1 is 1.22 bits per heavy atom. The number of methoxy groups -OCH3 is 1. The molecule has 2 rings (SSSR count). The minimum Gasteiger partial charge on any atom is -0.497 e. The first-order valence-corrected chi connectivity index (χ1v) is 7.07. The van der Waals surface area contributed by atoms with Gasteiger partial charge in [0.1, 0.15) is 5.75 Å². The van der Waals surface area contributed by atoms with E-state index in [1.165, 1.54) is 10.4 Å². The number of hydrogen-bond donors (Lipinski definition) is 1. The molecule has 0 saturated carbocycles. The van der Waals surface area contributed by atoms with Crippen molar-refractivity contribution in [2.24, 2.45) is 5.73 Å². The molecule has 0 amide bonds. The third-order valence-corrected chi connectivity index (χ3v) is 3.91. The van der Waals surface area contributed by atoms with Gasteiger partial charge in [-0.2, -0.15) is 0 Å². The summed E-state index contributed by atoms with van der Waals surface area (Å²) >= 11 is 1.78. The Bertz CT molecular complexity index is 450. The van der Waals surface area contributed by atoms with Gasteiger partial charge in [0.25, 0.3) is 0 Å². The molecular weight excluding hydrogens is 242 g/mol. The van der Waals surface area contributed by atoms with Gasteiger partial charge in [-0.15, -0.1) is 11.3 Å². The van der Waals surface area contributed by atoms with Gasteiger partial charge in [0.15, 0.2) is 0 Å². The van der Waals surface area contributed by atoms with Gasteiger partial charge in [0, 0.05) is 10.9 Å². The first kappa shape index (κ1) is 13.1. The van der Waals surface area contributed by atoms with Gasteiger partial charge in [-0.3, -0.25) is 0 Å². The third kappa shape index (κ3) is 3.86. The largest absolute Gasteiger partial charge is 0.497 e. The fraction of sp³-hybridized carbons (Fsp3) is 0.333. The number of benzene rings is 1. The number of ether oxygens (including phenoxy) is 1. The van der Waals surface area contributed by atoms with Crippen LogP contribution < -0.4 is 10.5 Å². The molecule has 1 aromatic carbocycles. The van der Waals surface area contributed by atoms with Crippen molar-refractivity contribution in [1.29, 1.82) is 0 Å². The van der Waals surface area contributed by atoms with Gasteiger partial charge in [-0.1, -0.05) is 18.2 Å². The zero-order valence-corrected chi connectivity index (χ0v) is 11.5. The fourth-order valence-corrected chi connectivity index (χ4v) is 2.73. The van der Waals surface area contributed by atoms with E-state index in [-0.39, 0.29) is 6.04 Å². The smallest absolute Gasteiger partial charge is 0.118 e. The van der Waals surface area contributed by atoms with Crippen molar-refractivity contribution in [3.63, 3.8) is 0 Å². The number of hydrogen-bond acceptors (Lipinski definition) is 3. The molecule has 3 heteroatoms. The summed E-state index contributed by atoms with van der Waals surface area (Å²) < 4.78 is 5.14. The first-order chi connectivity index (χ1) is 8.78. The highest BCUT2D eigenvalue weighted by Gasteiger charge is 2.05. The summed E-state index contributed by atoms with van der Waals surface area (Å²) in [6, 6.07) is 12.7. The topological polar surface area (TPSA) is 35.2 Å². The Kier molecular flexibility index (Phi) is 4.79. The SMILES string of the molecule is COc1ccc(CCC(N)Cc2cccs2)cc1. The van der Waals surface area contributed by atoms with Gasteiger partial charge in [0.05, 0.1) is 7.11 Å². The van der Waals surface area contributed by atoms with Crippen molar-refractivity contribution < 1.29 is 4.74 Å². The molecule has 0 saturated heterocycles. The highest BCUT2D eigenvalue weighted by Crippen LogP contribution is 2.15. The van der Waals surface area contributed by atoms with Crippen LogP contribution in [0.25, 0.3) is 0 Å². The van der Waals surface area contributed by atoms with Crippen LogP contribution in [0.4, 0.5) is 0 Å². The molecular formula is C15H19NOS. The first-order valence-electron chi connectivity index (χ1n) is 6.19. The standard InChI is InChI=1S/C15H19NOS/c1-17-14-8-5-12(6-9-14)4-7-13(16)11-15-3-2-10-18-15/h2-3,5-6,8-10,13H,4,7,11,16H2,1H3. The Balaban J connectivity index is 1.79. The lowest BCUT2D eigenvalue weighted by Crippen LogP contribution is -2.22. The molecule has 0 aliphatic carbocycles. The second-order valence-electron chi connectivity index (χ2n) is 4.43. The third-order valence-electron chi connectivity index (χ3n) is 3.01. The van der Waals surface area contributed by atoms with E-state index in [1.54, 1.807) is 18.4 Å². The predicted molar refractivity (Wildman–Crippen MR) is 77.3 cm³/mol. The van der Waals surface area contributed by atoms with Crippen molar-refractivity contribution in [3.05, 3.63) is 52.2 Å². The van der Waals surface area contributed by atoms with E-state index in [9.17, 15) is 0 Å². The average Bonchev–Trinajstić information content (AvgIpc) is 2.90. The summed E-state index contributed by atoms with van der Waals surface area (Å²) in [7, 11) is 1.69. The van der Waals surface area contributed by atoms with Crippen LogP contribution in [0.1, 0.15) is 16.9 Å². The molecule has 1 unspecified atom stereocenters. The molecule has 0 aliphatic rings. The maximum atomic E-state index is 6.15. The maximum Gasteiger partial charge on any atom is 0.118 e. The molecule has 0 spiro atoms. The van der Waals surface area contributed by atoms with E-state index in [0.29, 0.717) is 0 Å². The van der Waals surface area contributed by atoms with Crippen molar-refractivity contribution >= 4 is 11.3 Å². The van der Waals surface area contributed by atoms with E-state index in [1.807, 2.05) is 12.1 Å². The highest BCUT2D eigenvalue weighted by atomic mass is 32.1. The van der Waals surface area contributed by atoms with E-state index in [2.05, 4.69) is 29.6 Å². The molecule has 1 atom stereocenters. The quantitative estimate of drug-likeness (QED) is 0.866. The van der Waals surface area contributed by atoms with Crippen LogP contribution in [0.5, 0.6) is 5.75 Å². The second-order valence-corrected chi connectivity index (χ2v) is 5.46. The Morgan fingerprint density at radius 3 is 2.61 bits per heavy atom. The number of thiophene rings is 1. The molecule has 96 valence electrons. The molecule has 2 aromatic rings. The van der Waals surface area contributed by atoms with Gasteiger partial charge in [0.2, 0.25) is 0 Å². The molecule has 1 heterocycles. The zero-order valence-electron chi connectivity index (χ0n) is 10.6. The van der Waals surface area contributed by atoms with Crippen molar-refractivity contribution in [2.45, 2.75) is 25.3 Å². The minimum atomic E-state index is 0.241. The lowest BCUT2D eigenvalue weighted by molar-refractivity contribution is 0.414. The normalized spacial score (nSPS) is 12.3. The fourth-order valence-electron chi connectivity index (χ4n) is 1.93. The van der Waals surface area contributed by atoms with Crippen LogP contribution in [0, 0.1) is 0 Å². The molecule has 0 bridgehead atoms. The van der Waals surface area contributed by atoms with E-state index >= 15 is 0 Å². The van der Waals surface area contributed by atoms with Gasteiger partial charge in [-0.05, 0) is 48.4 Å². The average molecular weight is 261 g/mol.